The summed E-state index contributed by atoms with van der Waals surface area (Å²) in [6, 6.07) is 7.32. The molecule has 0 aliphatic carbocycles. The van der Waals surface area contributed by atoms with Crippen LogP contribution in [0.5, 0.6) is 0 Å². The second-order valence-electron chi connectivity index (χ2n) is 3.32. The van der Waals surface area contributed by atoms with Gasteiger partial charge in [0.15, 0.2) is 0 Å². The van der Waals surface area contributed by atoms with Crippen LogP contribution in [0.25, 0.3) is 0 Å². The fraction of sp³-hybridized carbons (Fsp3) is 0.0909. The van der Waals surface area contributed by atoms with Crippen LogP contribution in [0.1, 0.15) is 16.5 Å². The third-order valence-corrected chi connectivity index (χ3v) is 4.71. The van der Waals surface area contributed by atoms with Crippen molar-refractivity contribution in [1.82, 2.24) is 0 Å². The lowest BCUT2D eigenvalue weighted by atomic mass is 10.1. The monoisotopic (exact) mass is 335 g/mol. The Morgan fingerprint density at radius 1 is 1.19 bits per heavy atom. The molecule has 0 fully saturated rings. The minimum absolute atomic E-state index is 0.161. The van der Waals surface area contributed by atoms with E-state index in [4.69, 9.17) is 28.9 Å². The normalized spacial score (nSPS) is 12.8. The quantitative estimate of drug-likeness (QED) is 0.832. The fourth-order valence-corrected chi connectivity index (χ4v) is 3.14. The van der Waals surface area contributed by atoms with Crippen molar-refractivity contribution >= 4 is 50.5 Å². The van der Waals surface area contributed by atoms with Gasteiger partial charge in [0.05, 0.1) is 16.1 Å². The topological polar surface area (TPSA) is 26.0 Å². The van der Waals surface area contributed by atoms with E-state index in [1.54, 1.807) is 17.4 Å². The zero-order valence-electron chi connectivity index (χ0n) is 8.08. The molecule has 1 aromatic heterocycles. The van der Waals surface area contributed by atoms with Crippen LogP contribution in [-0.2, 0) is 0 Å². The van der Waals surface area contributed by atoms with E-state index in [0.717, 1.165) is 14.9 Å². The number of rotatable bonds is 2. The number of hydrogen-bond acceptors (Lipinski definition) is 2. The summed E-state index contributed by atoms with van der Waals surface area (Å²) < 4.78 is 1.04. The molecule has 0 spiro atoms. The van der Waals surface area contributed by atoms with E-state index in [1.807, 2.05) is 23.6 Å². The Kier molecular flexibility index (Phi) is 3.93. The lowest BCUT2D eigenvalue weighted by Gasteiger charge is -2.10. The molecule has 1 heterocycles. The molecule has 1 atom stereocenters. The van der Waals surface area contributed by atoms with Crippen molar-refractivity contribution in [2.45, 2.75) is 6.04 Å². The van der Waals surface area contributed by atoms with Gasteiger partial charge >= 0.3 is 0 Å². The van der Waals surface area contributed by atoms with Gasteiger partial charge in [-0.15, -0.1) is 11.3 Å². The molecule has 2 aromatic rings. The second-order valence-corrected chi connectivity index (χ2v) is 5.99. The fourth-order valence-electron chi connectivity index (χ4n) is 1.36. The molecule has 1 unspecified atom stereocenters. The van der Waals surface area contributed by atoms with Gasteiger partial charge < -0.3 is 5.73 Å². The molecular formula is C11H8BrCl2NS. The highest BCUT2D eigenvalue weighted by Gasteiger charge is 2.12. The van der Waals surface area contributed by atoms with Crippen LogP contribution in [-0.4, -0.2) is 0 Å². The molecule has 16 heavy (non-hydrogen) atoms. The van der Waals surface area contributed by atoms with Gasteiger partial charge in [0.2, 0.25) is 0 Å². The van der Waals surface area contributed by atoms with Gasteiger partial charge in [-0.05, 0) is 39.7 Å². The van der Waals surface area contributed by atoms with Crippen LogP contribution >= 0.6 is 50.5 Å². The minimum atomic E-state index is -0.161. The van der Waals surface area contributed by atoms with E-state index in [0.29, 0.717) is 10.0 Å². The first kappa shape index (κ1) is 12.4. The van der Waals surface area contributed by atoms with E-state index < -0.39 is 0 Å². The van der Waals surface area contributed by atoms with Crippen molar-refractivity contribution in [2.24, 2.45) is 5.73 Å². The van der Waals surface area contributed by atoms with Crippen LogP contribution in [0.3, 0.4) is 0 Å². The zero-order valence-corrected chi connectivity index (χ0v) is 12.0. The standard InChI is InChI=1S/C11H8BrCl2NS/c12-7-4-10(16-5-7)11(15)6-1-2-8(13)9(14)3-6/h1-5,11H,15H2. The van der Waals surface area contributed by atoms with Crippen molar-refractivity contribution in [2.75, 3.05) is 0 Å². The van der Waals surface area contributed by atoms with Crippen molar-refractivity contribution in [3.63, 3.8) is 0 Å². The third-order valence-electron chi connectivity index (χ3n) is 2.20. The highest BCUT2D eigenvalue weighted by molar-refractivity contribution is 9.10. The van der Waals surface area contributed by atoms with Crippen LogP contribution in [0.2, 0.25) is 10.0 Å². The van der Waals surface area contributed by atoms with Crippen molar-refractivity contribution < 1.29 is 0 Å². The van der Waals surface area contributed by atoms with Gasteiger partial charge in [-0.25, -0.2) is 0 Å². The molecular weight excluding hydrogens is 329 g/mol. The average molecular weight is 337 g/mol. The number of nitrogens with two attached hydrogens (primary N) is 1. The highest BCUT2D eigenvalue weighted by Crippen LogP contribution is 2.31. The van der Waals surface area contributed by atoms with E-state index in [9.17, 15) is 0 Å². The SMILES string of the molecule is NC(c1ccc(Cl)c(Cl)c1)c1cc(Br)cs1. The molecule has 0 saturated carbocycles. The molecule has 5 heteroatoms. The first-order chi connectivity index (χ1) is 7.58. The van der Waals surface area contributed by atoms with E-state index >= 15 is 0 Å². The Morgan fingerprint density at radius 2 is 1.94 bits per heavy atom. The Bertz CT molecular complexity index is 512. The molecule has 0 radical (unpaired) electrons. The number of benzene rings is 1. The maximum atomic E-state index is 6.14. The Labute approximate surface area is 116 Å². The maximum absolute atomic E-state index is 6.14. The smallest absolute Gasteiger partial charge is 0.0646 e. The van der Waals surface area contributed by atoms with E-state index in [1.165, 1.54) is 0 Å². The lowest BCUT2D eigenvalue weighted by molar-refractivity contribution is 0.893. The van der Waals surface area contributed by atoms with E-state index in [-0.39, 0.29) is 6.04 Å². The summed E-state index contributed by atoms with van der Waals surface area (Å²) in [5.41, 5.74) is 7.10. The zero-order chi connectivity index (χ0) is 11.7. The molecule has 1 nitrogen and oxygen atoms in total. The summed E-state index contributed by atoms with van der Waals surface area (Å²) in [5, 5.41) is 3.09. The summed E-state index contributed by atoms with van der Waals surface area (Å²) in [4.78, 5) is 1.09. The van der Waals surface area contributed by atoms with Gasteiger partial charge in [0.25, 0.3) is 0 Å². The molecule has 2 N–H and O–H groups in total. The molecule has 0 amide bonds. The molecule has 0 aliphatic rings. The van der Waals surface area contributed by atoms with E-state index in [2.05, 4.69) is 15.9 Å². The number of hydrogen-bond donors (Lipinski definition) is 1. The predicted molar refractivity (Wildman–Crippen MR) is 74.5 cm³/mol. The van der Waals surface area contributed by atoms with Crippen LogP contribution in [0.4, 0.5) is 0 Å². The molecule has 1 aromatic carbocycles. The second kappa shape index (κ2) is 5.07. The Balaban J connectivity index is 2.33. The first-order valence-corrected chi connectivity index (χ1v) is 6.95. The first-order valence-electron chi connectivity index (χ1n) is 4.52. The largest absolute Gasteiger partial charge is 0.320 e. The van der Waals surface area contributed by atoms with Gasteiger partial charge in [0, 0.05) is 14.7 Å². The maximum Gasteiger partial charge on any atom is 0.0646 e. The molecule has 0 bridgehead atoms. The van der Waals surface area contributed by atoms with Crippen molar-refractivity contribution in [3.8, 4) is 0 Å². The third kappa shape index (κ3) is 2.60. The van der Waals surface area contributed by atoms with Crippen LogP contribution in [0.15, 0.2) is 34.1 Å². The predicted octanol–water partition coefficient (Wildman–Crippen LogP) is 4.87. The molecule has 84 valence electrons. The van der Waals surface area contributed by atoms with Gasteiger partial charge in [-0.3, -0.25) is 0 Å². The summed E-state index contributed by atoms with van der Waals surface area (Å²) in [6.45, 7) is 0. The van der Waals surface area contributed by atoms with Crippen molar-refractivity contribution in [1.29, 1.82) is 0 Å². The number of thiophene rings is 1. The lowest BCUT2D eigenvalue weighted by Crippen LogP contribution is -2.09. The average Bonchev–Trinajstić information content (AvgIpc) is 2.68. The summed E-state index contributed by atoms with van der Waals surface area (Å²) in [6.07, 6.45) is 0. The van der Waals surface area contributed by atoms with Crippen molar-refractivity contribution in [3.05, 3.63) is 54.6 Å². The summed E-state index contributed by atoms with van der Waals surface area (Å²) >= 11 is 16.8. The van der Waals surface area contributed by atoms with Crippen LogP contribution < -0.4 is 5.73 Å². The molecule has 0 saturated heterocycles. The Hall–Kier alpha value is -0.0600. The highest BCUT2D eigenvalue weighted by atomic mass is 79.9. The van der Waals surface area contributed by atoms with Crippen LogP contribution in [0, 0.1) is 0 Å². The van der Waals surface area contributed by atoms with Gasteiger partial charge in [-0.1, -0.05) is 29.3 Å². The van der Waals surface area contributed by atoms with Gasteiger partial charge in [0.1, 0.15) is 0 Å². The minimum Gasteiger partial charge on any atom is -0.320 e. The molecule has 2 rings (SSSR count). The molecule has 0 aliphatic heterocycles. The number of halogens is 3. The van der Waals surface area contributed by atoms with Gasteiger partial charge in [-0.2, -0.15) is 0 Å². The summed E-state index contributed by atoms with van der Waals surface area (Å²) in [7, 11) is 0. The Morgan fingerprint density at radius 3 is 2.50 bits per heavy atom. The summed E-state index contributed by atoms with van der Waals surface area (Å²) in [5.74, 6) is 0.